The molecule has 2 rings (SSSR count). The second-order valence-corrected chi connectivity index (χ2v) is 6.05. The van der Waals surface area contributed by atoms with Crippen LogP contribution < -0.4 is 11.1 Å². The SMILES string of the molecule is Cc1ccc(CC(C)NC(=O)c2cc(F)cnc2N)s1. The average Bonchev–Trinajstić information content (AvgIpc) is 2.77. The van der Waals surface area contributed by atoms with E-state index < -0.39 is 11.7 Å². The summed E-state index contributed by atoms with van der Waals surface area (Å²) < 4.78 is 13.1. The van der Waals surface area contributed by atoms with Gasteiger partial charge >= 0.3 is 0 Å². The molecule has 0 bridgehead atoms. The molecule has 0 aliphatic heterocycles. The van der Waals surface area contributed by atoms with Gasteiger partial charge in [-0.1, -0.05) is 0 Å². The quantitative estimate of drug-likeness (QED) is 0.910. The van der Waals surface area contributed by atoms with Gasteiger partial charge in [-0.2, -0.15) is 0 Å². The highest BCUT2D eigenvalue weighted by molar-refractivity contribution is 7.11. The van der Waals surface area contributed by atoms with E-state index in [-0.39, 0.29) is 17.4 Å². The lowest BCUT2D eigenvalue weighted by molar-refractivity contribution is 0.0940. The Bertz CT molecular complexity index is 627. The first-order valence-electron chi connectivity index (χ1n) is 6.23. The van der Waals surface area contributed by atoms with Gasteiger partial charge in [-0.15, -0.1) is 11.3 Å². The van der Waals surface area contributed by atoms with E-state index in [1.165, 1.54) is 9.75 Å². The number of carbonyl (C=O) groups is 1. The smallest absolute Gasteiger partial charge is 0.255 e. The summed E-state index contributed by atoms with van der Waals surface area (Å²) in [6.45, 7) is 3.94. The average molecular weight is 293 g/mol. The Morgan fingerprint density at radius 1 is 1.55 bits per heavy atom. The van der Waals surface area contributed by atoms with Gasteiger partial charge in [0.1, 0.15) is 11.6 Å². The molecule has 1 unspecified atom stereocenters. The van der Waals surface area contributed by atoms with E-state index in [1.54, 1.807) is 11.3 Å². The van der Waals surface area contributed by atoms with E-state index in [9.17, 15) is 9.18 Å². The van der Waals surface area contributed by atoms with Crippen LogP contribution in [-0.2, 0) is 6.42 Å². The van der Waals surface area contributed by atoms with E-state index in [4.69, 9.17) is 5.73 Å². The first-order chi connectivity index (χ1) is 9.45. The summed E-state index contributed by atoms with van der Waals surface area (Å²) in [5.74, 6) is -0.954. The van der Waals surface area contributed by atoms with Gasteiger partial charge in [0.05, 0.1) is 11.8 Å². The normalized spacial score (nSPS) is 12.2. The fourth-order valence-corrected chi connectivity index (χ4v) is 2.90. The highest BCUT2D eigenvalue weighted by Crippen LogP contribution is 2.17. The molecule has 0 aromatic carbocycles. The van der Waals surface area contributed by atoms with Crippen molar-refractivity contribution in [2.24, 2.45) is 0 Å². The maximum atomic E-state index is 13.1. The Balaban J connectivity index is 2.02. The minimum Gasteiger partial charge on any atom is -0.383 e. The van der Waals surface area contributed by atoms with Gasteiger partial charge in [-0.3, -0.25) is 4.79 Å². The first-order valence-corrected chi connectivity index (χ1v) is 7.04. The second kappa shape index (κ2) is 6.00. The number of nitrogens with zero attached hydrogens (tertiary/aromatic N) is 1. The molecule has 0 aliphatic carbocycles. The van der Waals surface area contributed by atoms with Gasteiger partial charge in [-0.05, 0) is 32.0 Å². The number of pyridine rings is 1. The molecule has 0 aliphatic rings. The largest absolute Gasteiger partial charge is 0.383 e. The fraction of sp³-hybridized carbons (Fsp3) is 0.286. The number of halogens is 1. The van der Waals surface area contributed by atoms with Crippen LogP contribution in [0.3, 0.4) is 0 Å². The van der Waals surface area contributed by atoms with Crippen molar-refractivity contribution in [1.29, 1.82) is 0 Å². The predicted octanol–water partition coefficient (Wildman–Crippen LogP) is 2.53. The van der Waals surface area contributed by atoms with Crippen molar-refractivity contribution in [3.63, 3.8) is 0 Å². The molecular weight excluding hydrogens is 277 g/mol. The summed E-state index contributed by atoms with van der Waals surface area (Å²) in [7, 11) is 0. The summed E-state index contributed by atoms with van der Waals surface area (Å²) in [5, 5.41) is 2.80. The van der Waals surface area contributed by atoms with E-state index in [2.05, 4.69) is 10.3 Å². The van der Waals surface area contributed by atoms with Gasteiger partial charge < -0.3 is 11.1 Å². The Kier molecular flexibility index (Phi) is 4.34. The molecule has 106 valence electrons. The molecule has 4 nitrogen and oxygen atoms in total. The monoisotopic (exact) mass is 293 g/mol. The fourth-order valence-electron chi connectivity index (χ4n) is 1.88. The standard InChI is InChI=1S/C14H16FN3OS/c1-8(5-11-4-3-9(2)20-11)18-14(19)12-6-10(15)7-17-13(12)16/h3-4,6-8H,5H2,1-2H3,(H2,16,17)(H,18,19). The molecule has 1 amide bonds. The van der Waals surface area contributed by atoms with Gasteiger partial charge in [0, 0.05) is 22.2 Å². The predicted molar refractivity (Wildman–Crippen MR) is 78.3 cm³/mol. The van der Waals surface area contributed by atoms with Crippen LogP contribution in [0.2, 0.25) is 0 Å². The topological polar surface area (TPSA) is 68.0 Å². The summed E-state index contributed by atoms with van der Waals surface area (Å²) >= 11 is 1.70. The van der Waals surface area contributed by atoms with Crippen molar-refractivity contribution in [2.75, 3.05) is 5.73 Å². The van der Waals surface area contributed by atoms with Crippen LogP contribution in [0, 0.1) is 12.7 Å². The molecular formula is C14H16FN3OS. The zero-order valence-electron chi connectivity index (χ0n) is 11.3. The van der Waals surface area contributed by atoms with Gasteiger partial charge in [-0.25, -0.2) is 9.37 Å². The Labute approximate surface area is 120 Å². The molecule has 20 heavy (non-hydrogen) atoms. The molecule has 2 heterocycles. The maximum Gasteiger partial charge on any atom is 0.255 e. The van der Waals surface area contributed by atoms with Crippen molar-refractivity contribution in [2.45, 2.75) is 26.3 Å². The molecule has 2 aromatic rings. The highest BCUT2D eigenvalue weighted by Gasteiger charge is 2.15. The summed E-state index contributed by atoms with van der Waals surface area (Å²) in [4.78, 5) is 18.1. The molecule has 0 radical (unpaired) electrons. The van der Waals surface area contributed by atoms with Crippen LogP contribution in [0.1, 0.15) is 27.0 Å². The first kappa shape index (κ1) is 14.5. The number of nitrogens with one attached hydrogen (secondary N) is 1. The number of aryl methyl sites for hydroxylation is 1. The van der Waals surface area contributed by atoms with Gasteiger partial charge in [0.15, 0.2) is 0 Å². The number of thiophene rings is 1. The minimum absolute atomic E-state index is 0.0306. The number of hydrogen-bond acceptors (Lipinski definition) is 4. The van der Waals surface area contributed by atoms with Crippen LogP contribution in [0.5, 0.6) is 0 Å². The Morgan fingerprint density at radius 2 is 2.30 bits per heavy atom. The van der Waals surface area contributed by atoms with Gasteiger partial charge in [0.2, 0.25) is 0 Å². The van der Waals surface area contributed by atoms with E-state index in [0.29, 0.717) is 0 Å². The lowest BCUT2D eigenvalue weighted by Gasteiger charge is -2.13. The van der Waals surface area contributed by atoms with E-state index >= 15 is 0 Å². The number of hydrogen-bond donors (Lipinski definition) is 2. The van der Waals surface area contributed by atoms with Crippen molar-refractivity contribution >= 4 is 23.1 Å². The number of nitrogens with two attached hydrogens (primary N) is 1. The Hall–Kier alpha value is -1.95. The van der Waals surface area contributed by atoms with E-state index in [0.717, 1.165) is 18.7 Å². The summed E-state index contributed by atoms with van der Waals surface area (Å²) in [6.07, 6.45) is 1.72. The third kappa shape index (κ3) is 3.54. The number of anilines is 1. The summed E-state index contributed by atoms with van der Waals surface area (Å²) in [5.41, 5.74) is 5.65. The molecule has 3 N–H and O–H groups in total. The summed E-state index contributed by atoms with van der Waals surface area (Å²) in [6, 6.07) is 5.12. The third-order valence-corrected chi connectivity index (χ3v) is 3.83. The zero-order chi connectivity index (χ0) is 14.7. The Morgan fingerprint density at radius 3 is 2.95 bits per heavy atom. The minimum atomic E-state index is -0.578. The number of aromatic nitrogens is 1. The highest BCUT2D eigenvalue weighted by atomic mass is 32.1. The van der Waals surface area contributed by atoms with Gasteiger partial charge in [0.25, 0.3) is 5.91 Å². The molecule has 0 spiro atoms. The molecule has 6 heteroatoms. The number of carbonyl (C=O) groups excluding carboxylic acids is 1. The van der Waals surface area contributed by atoms with Crippen LogP contribution in [0.25, 0.3) is 0 Å². The molecule has 0 saturated heterocycles. The third-order valence-electron chi connectivity index (χ3n) is 2.81. The number of rotatable bonds is 4. The molecule has 2 aromatic heterocycles. The zero-order valence-corrected chi connectivity index (χ0v) is 12.1. The van der Waals surface area contributed by atoms with Crippen LogP contribution >= 0.6 is 11.3 Å². The van der Waals surface area contributed by atoms with Crippen molar-refractivity contribution in [1.82, 2.24) is 10.3 Å². The van der Waals surface area contributed by atoms with Crippen molar-refractivity contribution < 1.29 is 9.18 Å². The van der Waals surface area contributed by atoms with Crippen molar-refractivity contribution in [3.8, 4) is 0 Å². The lowest BCUT2D eigenvalue weighted by Crippen LogP contribution is -2.34. The van der Waals surface area contributed by atoms with Crippen LogP contribution in [0.4, 0.5) is 10.2 Å². The molecule has 0 fully saturated rings. The lowest BCUT2D eigenvalue weighted by atomic mass is 10.1. The molecule has 0 saturated carbocycles. The molecule has 1 atom stereocenters. The van der Waals surface area contributed by atoms with E-state index in [1.807, 2.05) is 26.0 Å². The second-order valence-electron chi connectivity index (χ2n) is 4.68. The van der Waals surface area contributed by atoms with Crippen LogP contribution in [0.15, 0.2) is 24.4 Å². The van der Waals surface area contributed by atoms with Crippen LogP contribution in [-0.4, -0.2) is 16.9 Å². The number of amides is 1. The van der Waals surface area contributed by atoms with Crippen molar-refractivity contribution in [3.05, 3.63) is 45.5 Å². The number of nitrogen functional groups attached to an aromatic ring is 1. The maximum absolute atomic E-state index is 13.1.